The van der Waals surface area contributed by atoms with Gasteiger partial charge in [0.15, 0.2) is 5.82 Å². The van der Waals surface area contributed by atoms with Crippen LogP contribution < -0.4 is 15.5 Å². The molecule has 0 radical (unpaired) electrons. The predicted molar refractivity (Wildman–Crippen MR) is 130 cm³/mol. The van der Waals surface area contributed by atoms with Gasteiger partial charge in [0.25, 0.3) is 0 Å². The first-order valence-corrected chi connectivity index (χ1v) is 12.7. The van der Waals surface area contributed by atoms with E-state index in [4.69, 9.17) is 9.97 Å². The van der Waals surface area contributed by atoms with Crippen LogP contribution in [0.15, 0.2) is 30.7 Å². The first-order valence-electron chi connectivity index (χ1n) is 12.7. The fourth-order valence-corrected chi connectivity index (χ4v) is 6.29. The van der Waals surface area contributed by atoms with E-state index in [1.165, 1.54) is 49.5 Å². The first-order chi connectivity index (χ1) is 16.3. The second kappa shape index (κ2) is 7.90. The number of nitrogens with one attached hydrogen (secondary N) is 2. The molecule has 7 rings (SSSR count). The Morgan fingerprint density at radius 2 is 1.91 bits per heavy atom. The van der Waals surface area contributed by atoms with Crippen molar-refractivity contribution in [1.82, 2.24) is 25.3 Å². The van der Waals surface area contributed by atoms with Crippen LogP contribution in [0, 0.1) is 11.8 Å². The molecule has 4 heterocycles. The Hall–Kier alpha value is -2.80. The van der Waals surface area contributed by atoms with E-state index in [1.54, 1.807) is 0 Å². The fourth-order valence-electron chi connectivity index (χ4n) is 6.29. The molecular formula is C26H31N7. The zero-order valence-electron chi connectivity index (χ0n) is 19.0. The summed E-state index contributed by atoms with van der Waals surface area (Å²) in [5, 5.41) is 8.40. The SMILES string of the molecule is c1cc(-c2nc(N3CCNCC3)c3c(C4CC4)cncc3n2)cc(N[C@@H]2C[C@H]3CC[C@@H]2C3)n1. The van der Waals surface area contributed by atoms with Gasteiger partial charge in [0.1, 0.15) is 11.6 Å². The first kappa shape index (κ1) is 19.6. The van der Waals surface area contributed by atoms with Crippen molar-refractivity contribution in [3.8, 4) is 11.4 Å². The molecule has 3 aromatic rings. The van der Waals surface area contributed by atoms with Gasteiger partial charge in [0, 0.05) is 55.6 Å². The van der Waals surface area contributed by atoms with Crippen LogP contribution in [-0.2, 0) is 0 Å². The molecule has 2 N–H and O–H groups in total. The minimum Gasteiger partial charge on any atom is -0.367 e. The highest BCUT2D eigenvalue weighted by Crippen LogP contribution is 2.46. The van der Waals surface area contributed by atoms with Crippen LogP contribution in [0.2, 0.25) is 0 Å². The van der Waals surface area contributed by atoms with E-state index in [0.717, 1.165) is 66.6 Å². The zero-order valence-corrected chi connectivity index (χ0v) is 19.0. The lowest BCUT2D eigenvalue weighted by Gasteiger charge is -2.30. The molecule has 3 saturated carbocycles. The summed E-state index contributed by atoms with van der Waals surface area (Å²) in [6, 6.07) is 4.73. The molecular weight excluding hydrogens is 410 g/mol. The van der Waals surface area contributed by atoms with Gasteiger partial charge in [-0.25, -0.2) is 15.0 Å². The predicted octanol–water partition coefficient (Wildman–Crippen LogP) is 3.97. The van der Waals surface area contributed by atoms with Gasteiger partial charge >= 0.3 is 0 Å². The van der Waals surface area contributed by atoms with Gasteiger partial charge in [-0.1, -0.05) is 6.42 Å². The summed E-state index contributed by atoms with van der Waals surface area (Å²) in [4.78, 5) is 21.8. The summed E-state index contributed by atoms with van der Waals surface area (Å²) in [5.74, 6) is 5.11. The Balaban J connectivity index is 1.28. The van der Waals surface area contributed by atoms with Gasteiger partial charge in [-0.15, -0.1) is 0 Å². The average Bonchev–Trinajstić information content (AvgIpc) is 3.51. The van der Waals surface area contributed by atoms with E-state index < -0.39 is 0 Å². The topological polar surface area (TPSA) is 78.9 Å². The number of hydrogen-bond donors (Lipinski definition) is 2. The molecule has 7 heteroatoms. The Labute approximate surface area is 194 Å². The van der Waals surface area contributed by atoms with Gasteiger partial charge < -0.3 is 15.5 Å². The molecule has 0 spiro atoms. The van der Waals surface area contributed by atoms with Crippen LogP contribution in [0.4, 0.5) is 11.6 Å². The van der Waals surface area contributed by atoms with Crippen molar-refractivity contribution < 1.29 is 0 Å². The molecule has 1 saturated heterocycles. The minimum atomic E-state index is 0.561. The molecule has 1 aliphatic heterocycles. The average molecular weight is 442 g/mol. The zero-order chi connectivity index (χ0) is 21.8. The summed E-state index contributed by atoms with van der Waals surface area (Å²) >= 11 is 0. The highest BCUT2D eigenvalue weighted by Gasteiger charge is 2.39. The normalized spacial score (nSPS) is 26.8. The number of piperazine rings is 1. The van der Waals surface area contributed by atoms with Crippen molar-refractivity contribution in [2.45, 2.75) is 50.5 Å². The molecule has 3 atom stereocenters. The monoisotopic (exact) mass is 441 g/mol. The summed E-state index contributed by atoms with van der Waals surface area (Å²) in [5.41, 5.74) is 3.30. The Bertz CT molecular complexity index is 1180. The molecule has 0 amide bonds. The smallest absolute Gasteiger partial charge is 0.162 e. The second-order valence-electron chi connectivity index (χ2n) is 10.4. The maximum atomic E-state index is 5.18. The van der Waals surface area contributed by atoms with Crippen LogP contribution in [0.25, 0.3) is 22.3 Å². The van der Waals surface area contributed by atoms with Gasteiger partial charge in [-0.2, -0.15) is 0 Å². The summed E-state index contributed by atoms with van der Waals surface area (Å²) in [7, 11) is 0. The molecule has 2 bridgehead atoms. The van der Waals surface area contributed by atoms with Crippen molar-refractivity contribution in [3.05, 3.63) is 36.3 Å². The van der Waals surface area contributed by atoms with E-state index in [0.29, 0.717) is 12.0 Å². The molecule has 3 aromatic heterocycles. The number of anilines is 2. The molecule has 7 nitrogen and oxygen atoms in total. The summed E-state index contributed by atoms with van der Waals surface area (Å²) in [6.45, 7) is 3.89. The van der Waals surface area contributed by atoms with E-state index >= 15 is 0 Å². The fraction of sp³-hybridized carbons (Fsp3) is 0.538. The van der Waals surface area contributed by atoms with E-state index in [9.17, 15) is 0 Å². The largest absolute Gasteiger partial charge is 0.367 e. The highest BCUT2D eigenvalue weighted by molar-refractivity contribution is 5.94. The van der Waals surface area contributed by atoms with Gasteiger partial charge in [-0.3, -0.25) is 4.98 Å². The van der Waals surface area contributed by atoms with Gasteiger partial charge in [0.2, 0.25) is 0 Å². The molecule has 0 unspecified atom stereocenters. The van der Waals surface area contributed by atoms with Crippen LogP contribution in [0.5, 0.6) is 0 Å². The molecule has 4 fully saturated rings. The highest BCUT2D eigenvalue weighted by atomic mass is 15.2. The van der Waals surface area contributed by atoms with Gasteiger partial charge in [-0.05, 0) is 67.6 Å². The minimum absolute atomic E-state index is 0.561. The molecule has 170 valence electrons. The third-order valence-corrected chi connectivity index (χ3v) is 8.14. The maximum Gasteiger partial charge on any atom is 0.162 e. The number of hydrogen-bond acceptors (Lipinski definition) is 7. The summed E-state index contributed by atoms with van der Waals surface area (Å²) in [6.07, 6.45) is 13.8. The Morgan fingerprint density at radius 3 is 2.70 bits per heavy atom. The van der Waals surface area contributed by atoms with Gasteiger partial charge in [0.05, 0.1) is 11.7 Å². The third-order valence-electron chi connectivity index (χ3n) is 8.14. The third kappa shape index (κ3) is 3.62. The van der Waals surface area contributed by atoms with E-state index in [-0.39, 0.29) is 0 Å². The Morgan fingerprint density at radius 1 is 1.00 bits per heavy atom. The lowest BCUT2D eigenvalue weighted by molar-refractivity contribution is 0.439. The number of fused-ring (bicyclic) bond motifs is 3. The van der Waals surface area contributed by atoms with Crippen LogP contribution in [0.1, 0.15) is 50.0 Å². The number of pyridine rings is 2. The van der Waals surface area contributed by atoms with E-state index in [1.807, 2.05) is 24.7 Å². The van der Waals surface area contributed by atoms with Crippen LogP contribution in [-0.4, -0.2) is 52.2 Å². The number of rotatable bonds is 5. The van der Waals surface area contributed by atoms with Crippen molar-refractivity contribution in [2.24, 2.45) is 11.8 Å². The number of aromatic nitrogens is 4. The van der Waals surface area contributed by atoms with Crippen molar-refractivity contribution in [2.75, 3.05) is 36.4 Å². The Kier molecular flexibility index (Phi) is 4.71. The second-order valence-corrected chi connectivity index (χ2v) is 10.4. The van der Waals surface area contributed by atoms with Crippen molar-refractivity contribution >= 4 is 22.5 Å². The lowest BCUT2D eigenvalue weighted by atomic mass is 9.95. The van der Waals surface area contributed by atoms with Crippen LogP contribution >= 0.6 is 0 Å². The maximum absolute atomic E-state index is 5.18. The summed E-state index contributed by atoms with van der Waals surface area (Å²) < 4.78 is 0. The standard InChI is InChI=1S/C26H31N7/c1-2-18-11-16(1)12-21(18)30-23-13-19(5-6-29-23)25-31-22-15-28-14-20(17-3-4-17)24(22)26(32-25)33-9-7-27-8-10-33/h5-6,13-18,21,27H,1-4,7-12H2,(H,29,30)/t16-,18+,21+/m0/s1. The van der Waals surface area contributed by atoms with Crippen LogP contribution in [0.3, 0.4) is 0 Å². The molecule has 0 aromatic carbocycles. The van der Waals surface area contributed by atoms with E-state index in [2.05, 4.69) is 31.6 Å². The number of nitrogens with zero attached hydrogens (tertiary/aromatic N) is 5. The molecule has 33 heavy (non-hydrogen) atoms. The van der Waals surface area contributed by atoms with Crippen molar-refractivity contribution in [3.63, 3.8) is 0 Å². The molecule has 4 aliphatic rings. The van der Waals surface area contributed by atoms with Crippen molar-refractivity contribution in [1.29, 1.82) is 0 Å². The quantitative estimate of drug-likeness (QED) is 0.620. The molecule has 3 aliphatic carbocycles. The lowest BCUT2D eigenvalue weighted by Crippen LogP contribution is -2.44.